The topological polar surface area (TPSA) is 58.6 Å². The highest BCUT2D eigenvalue weighted by molar-refractivity contribution is 6.45. The number of benzene rings is 1. The molecular weight excluding hydrogens is 363 g/mol. The molecule has 2 amide bonds. The summed E-state index contributed by atoms with van der Waals surface area (Å²) in [5.74, 6) is 0.140. The molecule has 1 aliphatic carbocycles. The Labute approximate surface area is 157 Å². The van der Waals surface area contributed by atoms with Crippen LogP contribution in [0.4, 0.5) is 10.5 Å². The van der Waals surface area contributed by atoms with Crippen molar-refractivity contribution in [2.75, 3.05) is 11.9 Å². The van der Waals surface area contributed by atoms with Gasteiger partial charge in [-0.15, -0.1) is 0 Å². The predicted molar refractivity (Wildman–Crippen MR) is 101 cm³/mol. The van der Waals surface area contributed by atoms with Crippen LogP contribution in [0.2, 0.25) is 10.0 Å². The first-order valence-corrected chi connectivity index (χ1v) is 8.76. The van der Waals surface area contributed by atoms with Gasteiger partial charge in [-0.05, 0) is 52.2 Å². The number of anilines is 1. The summed E-state index contributed by atoms with van der Waals surface area (Å²) in [6.45, 7) is 6.25. The Morgan fingerprint density at radius 2 is 1.96 bits per heavy atom. The fourth-order valence-corrected chi connectivity index (χ4v) is 3.54. The molecule has 0 saturated carbocycles. The monoisotopic (exact) mass is 384 g/mol. The van der Waals surface area contributed by atoms with E-state index in [0.717, 1.165) is 25.7 Å². The summed E-state index contributed by atoms with van der Waals surface area (Å²) < 4.78 is 5.06. The first kappa shape index (κ1) is 19.6. The Morgan fingerprint density at radius 3 is 2.52 bits per heavy atom. The summed E-state index contributed by atoms with van der Waals surface area (Å²) in [6.07, 6.45) is 2.66. The summed E-state index contributed by atoms with van der Waals surface area (Å²) in [4.78, 5) is 24.9. The summed E-state index contributed by atoms with van der Waals surface area (Å²) in [7, 11) is 1.45. The second-order valence-corrected chi connectivity index (χ2v) is 7.32. The molecule has 7 heteroatoms. The van der Waals surface area contributed by atoms with Crippen LogP contribution in [0.15, 0.2) is 23.3 Å². The smallest absolute Gasteiger partial charge is 0.409 e. The summed E-state index contributed by atoms with van der Waals surface area (Å²) in [6, 6.07) is 3.18. The molecule has 0 fully saturated rings. The average molecular weight is 385 g/mol. The van der Waals surface area contributed by atoms with Gasteiger partial charge in [0.25, 0.3) is 0 Å². The zero-order valence-corrected chi connectivity index (χ0v) is 16.3. The second-order valence-electron chi connectivity index (χ2n) is 6.56. The lowest BCUT2D eigenvalue weighted by molar-refractivity contribution is -0.108. The zero-order chi connectivity index (χ0) is 18.8. The van der Waals surface area contributed by atoms with Crippen LogP contribution >= 0.6 is 23.2 Å². The zero-order valence-electron chi connectivity index (χ0n) is 14.8. The van der Waals surface area contributed by atoms with Crippen molar-refractivity contribution < 1.29 is 14.3 Å². The number of allylic oxidation sites excluding steroid dienone is 1. The van der Waals surface area contributed by atoms with E-state index in [4.69, 9.17) is 27.9 Å². The minimum absolute atomic E-state index is 0.0949. The quantitative estimate of drug-likeness (QED) is 0.589. The number of halogens is 2. The Kier molecular flexibility index (Phi) is 6.01. The van der Waals surface area contributed by atoms with E-state index in [2.05, 4.69) is 19.2 Å². The van der Waals surface area contributed by atoms with Crippen molar-refractivity contribution in [1.82, 2.24) is 5.32 Å². The van der Waals surface area contributed by atoms with Crippen LogP contribution in [0.3, 0.4) is 0 Å². The van der Waals surface area contributed by atoms with E-state index < -0.39 is 6.09 Å². The van der Waals surface area contributed by atoms with Crippen LogP contribution in [-0.4, -0.2) is 25.1 Å². The van der Waals surface area contributed by atoms with Crippen LogP contribution in [-0.2, 0) is 4.79 Å². The highest BCUT2D eigenvalue weighted by Crippen LogP contribution is 2.44. The SMILES string of the molecule is CNC(=O)Oc1ccc(N(C=O)C2(C)CCC(C)=C(C)C2)c(Cl)c1Cl. The number of amides is 2. The Bertz CT molecular complexity index is 733. The molecule has 0 radical (unpaired) electrons. The van der Waals surface area contributed by atoms with Crippen molar-refractivity contribution >= 4 is 41.4 Å². The molecule has 1 atom stereocenters. The summed E-state index contributed by atoms with van der Waals surface area (Å²) >= 11 is 12.6. The van der Waals surface area contributed by atoms with E-state index >= 15 is 0 Å². The molecule has 0 heterocycles. The van der Waals surface area contributed by atoms with Gasteiger partial charge in [0.05, 0.1) is 10.7 Å². The van der Waals surface area contributed by atoms with Crippen molar-refractivity contribution in [3.63, 3.8) is 0 Å². The van der Waals surface area contributed by atoms with Crippen LogP contribution in [0.25, 0.3) is 0 Å². The number of carbonyl (C=O) groups excluding carboxylic acids is 2. The molecule has 1 aromatic rings. The number of hydrogen-bond donors (Lipinski definition) is 1. The molecule has 1 aromatic carbocycles. The van der Waals surface area contributed by atoms with Crippen molar-refractivity contribution in [2.24, 2.45) is 0 Å². The maximum atomic E-state index is 11.9. The molecule has 0 spiro atoms. The standard InChI is InChI=1S/C18H22Cl2N2O3/c1-11-7-8-18(3,9-12(11)2)22(10-23)13-5-6-14(16(20)15(13)19)25-17(24)21-4/h5-6,10H,7-9H2,1-4H3,(H,21,24). The van der Waals surface area contributed by atoms with E-state index in [0.29, 0.717) is 5.69 Å². The molecule has 5 nitrogen and oxygen atoms in total. The molecule has 0 saturated heterocycles. The maximum absolute atomic E-state index is 11.9. The van der Waals surface area contributed by atoms with Gasteiger partial charge >= 0.3 is 6.09 Å². The van der Waals surface area contributed by atoms with Crippen molar-refractivity contribution in [2.45, 2.75) is 45.6 Å². The first-order valence-electron chi connectivity index (χ1n) is 8.01. The summed E-state index contributed by atoms with van der Waals surface area (Å²) in [5.41, 5.74) is 2.76. The molecule has 0 aromatic heterocycles. The average Bonchev–Trinajstić information content (AvgIpc) is 2.58. The minimum Gasteiger partial charge on any atom is -0.409 e. The van der Waals surface area contributed by atoms with E-state index in [1.807, 2.05) is 6.92 Å². The third kappa shape index (κ3) is 3.93. The third-order valence-corrected chi connectivity index (χ3v) is 5.65. The minimum atomic E-state index is -0.645. The fourth-order valence-electron chi connectivity index (χ4n) is 3.10. The van der Waals surface area contributed by atoms with Crippen LogP contribution in [0, 0.1) is 0 Å². The Balaban J connectivity index is 2.40. The van der Waals surface area contributed by atoms with Gasteiger partial charge in [-0.3, -0.25) is 4.79 Å². The molecule has 2 rings (SSSR count). The molecule has 1 N–H and O–H groups in total. The molecule has 136 valence electrons. The lowest BCUT2D eigenvalue weighted by Gasteiger charge is -2.43. The highest BCUT2D eigenvalue weighted by Gasteiger charge is 2.36. The molecule has 1 unspecified atom stereocenters. The number of rotatable bonds is 4. The first-order chi connectivity index (χ1) is 11.7. The molecule has 0 bridgehead atoms. The lowest BCUT2D eigenvalue weighted by Crippen LogP contribution is -2.47. The van der Waals surface area contributed by atoms with Gasteiger partial charge in [-0.25, -0.2) is 4.79 Å². The molecule has 25 heavy (non-hydrogen) atoms. The number of nitrogens with one attached hydrogen (secondary N) is 1. The fraction of sp³-hybridized carbons (Fsp3) is 0.444. The molecule has 0 aliphatic heterocycles. The highest BCUT2D eigenvalue weighted by atomic mass is 35.5. The van der Waals surface area contributed by atoms with E-state index in [1.54, 1.807) is 11.0 Å². The number of hydrogen-bond acceptors (Lipinski definition) is 3. The van der Waals surface area contributed by atoms with Crippen LogP contribution in [0.5, 0.6) is 5.75 Å². The van der Waals surface area contributed by atoms with Crippen molar-refractivity contribution in [3.8, 4) is 5.75 Å². The van der Waals surface area contributed by atoms with Crippen molar-refractivity contribution in [1.29, 1.82) is 0 Å². The Hall–Kier alpha value is -1.72. The van der Waals surface area contributed by atoms with Gasteiger partial charge in [-0.1, -0.05) is 34.3 Å². The third-order valence-electron chi connectivity index (χ3n) is 4.79. The van der Waals surface area contributed by atoms with E-state index in [9.17, 15) is 9.59 Å². The van der Waals surface area contributed by atoms with Gasteiger partial charge in [0.2, 0.25) is 6.41 Å². The Morgan fingerprint density at radius 1 is 1.28 bits per heavy atom. The number of carbonyl (C=O) groups is 2. The maximum Gasteiger partial charge on any atom is 0.412 e. The second kappa shape index (κ2) is 7.67. The van der Waals surface area contributed by atoms with E-state index in [-0.39, 0.29) is 21.3 Å². The van der Waals surface area contributed by atoms with Gasteiger partial charge in [0.15, 0.2) is 5.75 Å². The van der Waals surface area contributed by atoms with Gasteiger partial charge < -0.3 is 15.0 Å². The largest absolute Gasteiger partial charge is 0.412 e. The van der Waals surface area contributed by atoms with Crippen molar-refractivity contribution in [3.05, 3.63) is 33.3 Å². The predicted octanol–water partition coefficient (Wildman–Crippen LogP) is 4.95. The van der Waals surface area contributed by atoms with Crippen LogP contribution < -0.4 is 15.0 Å². The normalized spacial score (nSPS) is 20.2. The molecule has 1 aliphatic rings. The van der Waals surface area contributed by atoms with Crippen LogP contribution in [0.1, 0.15) is 40.0 Å². The van der Waals surface area contributed by atoms with Gasteiger partial charge in [-0.2, -0.15) is 0 Å². The van der Waals surface area contributed by atoms with Gasteiger partial charge in [0, 0.05) is 12.6 Å². The number of nitrogens with zero attached hydrogens (tertiary/aromatic N) is 1. The van der Waals surface area contributed by atoms with E-state index in [1.165, 1.54) is 24.3 Å². The summed E-state index contributed by atoms with van der Waals surface area (Å²) in [5, 5.41) is 2.62. The lowest BCUT2D eigenvalue weighted by atomic mass is 9.79. The number of ether oxygens (including phenoxy) is 1. The molecular formula is C18H22Cl2N2O3. The van der Waals surface area contributed by atoms with Gasteiger partial charge in [0.1, 0.15) is 5.02 Å².